The topological polar surface area (TPSA) is 69.6 Å². The van der Waals surface area contributed by atoms with E-state index in [0.29, 0.717) is 11.2 Å². The van der Waals surface area contributed by atoms with Crippen LogP contribution in [0.2, 0.25) is 0 Å². The minimum absolute atomic E-state index is 0.0388. The number of hydrogen-bond donors (Lipinski definition) is 3. The molecular weight excluding hydrogens is 193 g/mol. The Labute approximate surface area is 88.1 Å². The number of carbonyl (C=O) groups is 1. The zero-order valence-corrected chi connectivity index (χ0v) is 8.18. The SMILES string of the molecule is O=C(Nc1ccccc1B(O)O)C1CC1. The molecular formula is C10H12BNO3. The fraction of sp³-hybridized carbons (Fsp3) is 0.300. The van der Waals surface area contributed by atoms with E-state index < -0.39 is 7.12 Å². The Morgan fingerprint density at radius 3 is 2.60 bits per heavy atom. The summed E-state index contributed by atoms with van der Waals surface area (Å²) in [7, 11) is -1.55. The minimum Gasteiger partial charge on any atom is -0.423 e. The molecule has 1 aromatic carbocycles. The van der Waals surface area contributed by atoms with Gasteiger partial charge in [0.1, 0.15) is 0 Å². The third kappa shape index (κ3) is 2.37. The molecule has 2 rings (SSSR count). The summed E-state index contributed by atoms with van der Waals surface area (Å²) in [6, 6.07) is 6.68. The van der Waals surface area contributed by atoms with Gasteiger partial charge in [-0.15, -0.1) is 0 Å². The number of para-hydroxylation sites is 1. The molecule has 1 aliphatic rings. The maximum absolute atomic E-state index is 11.5. The van der Waals surface area contributed by atoms with Crippen LogP contribution < -0.4 is 10.8 Å². The Morgan fingerprint density at radius 2 is 2.00 bits per heavy atom. The highest BCUT2D eigenvalue weighted by atomic mass is 16.4. The van der Waals surface area contributed by atoms with Gasteiger partial charge in [0.15, 0.2) is 0 Å². The van der Waals surface area contributed by atoms with Gasteiger partial charge in [0, 0.05) is 17.1 Å². The second kappa shape index (κ2) is 4.04. The Bertz CT molecular complexity index is 377. The van der Waals surface area contributed by atoms with Crippen molar-refractivity contribution in [2.75, 3.05) is 5.32 Å². The number of carbonyl (C=O) groups excluding carboxylic acids is 1. The molecule has 78 valence electrons. The van der Waals surface area contributed by atoms with E-state index in [0.717, 1.165) is 12.8 Å². The molecule has 0 unspecified atom stereocenters. The first-order valence-corrected chi connectivity index (χ1v) is 4.94. The summed E-state index contributed by atoms with van der Waals surface area (Å²) in [6.07, 6.45) is 1.85. The largest absolute Gasteiger partial charge is 0.490 e. The molecule has 0 aromatic heterocycles. The number of rotatable bonds is 3. The van der Waals surface area contributed by atoms with Crippen LogP contribution in [0.5, 0.6) is 0 Å². The molecule has 0 atom stereocenters. The highest BCUT2D eigenvalue weighted by Crippen LogP contribution is 2.29. The quantitative estimate of drug-likeness (QED) is 0.594. The van der Waals surface area contributed by atoms with E-state index in [9.17, 15) is 4.79 Å². The third-order valence-corrected chi connectivity index (χ3v) is 2.44. The van der Waals surface area contributed by atoms with Crippen LogP contribution in [0.15, 0.2) is 24.3 Å². The second-order valence-electron chi connectivity index (χ2n) is 3.72. The lowest BCUT2D eigenvalue weighted by atomic mass is 9.79. The van der Waals surface area contributed by atoms with Crippen molar-refractivity contribution in [1.82, 2.24) is 0 Å². The molecule has 0 heterocycles. The summed E-state index contributed by atoms with van der Waals surface area (Å²) in [6.45, 7) is 0. The first kappa shape index (κ1) is 10.2. The van der Waals surface area contributed by atoms with E-state index in [1.54, 1.807) is 24.3 Å². The van der Waals surface area contributed by atoms with Crippen LogP contribution in [-0.2, 0) is 4.79 Å². The number of nitrogens with one attached hydrogen (secondary N) is 1. The maximum atomic E-state index is 11.5. The summed E-state index contributed by atoms with van der Waals surface area (Å²) in [5.41, 5.74) is 0.802. The molecule has 0 saturated heterocycles. The van der Waals surface area contributed by atoms with Crippen LogP contribution in [-0.4, -0.2) is 23.1 Å². The van der Waals surface area contributed by atoms with Gasteiger partial charge in [-0.25, -0.2) is 0 Å². The molecule has 1 aromatic rings. The smallest absolute Gasteiger partial charge is 0.423 e. The molecule has 5 heteroatoms. The summed E-state index contributed by atoms with van der Waals surface area (Å²) in [4.78, 5) is 11.5. The highest BCUT2D eigenvalue weighted by molar-refractivity contribution is 6.60. The normalized spacial score (nSPS) is 14.8. The lowest BCUT2D eigenvalue weighted by molar-refractivity contribution is -0.117. The number of amides is 1. The Hall–Kier alpha value is -1.33. The molecule has 15 heavy (non-hydrogen) atoms. The van der Waals surface area contributed by atoms with Crippen molar-refractivity contribution in [2.45, 2.75) is 12.8 Å². The zero-order valence-electron chi connectivity index (χ0n) is 8.18. The summed E-state index contributed by atoms with van der Waals surface area (Å²) >= 11 is 0. The minimum atomic E-state index is -1.55. The zero-order chi connectivity index (χ0) is 10.8. The van der Waals surface area contributed by atoms with Gasteiger partial charge in [0.2, 0.25) is 5.91 Å². The van der Waals surface area contributed by atoms with Crippen LogP contribution >= 0.6 is 0 Å². The molecule has 0 spiro atoms. The van der Waals surface area contributed by atoms with Gasteiger partial charge in [0.25, 0.3) is 0 Å². The molecule has 1 fully saturated rings. The summed E-state index contributed by atoms with van der Waals surface area (Å²) in [5.74, 6) is 0.0667. The average Bonchev–Trinajstić information content (AvgIpc) is 3.01. The standard InChI is InChI=1S/C10H12BNO3/c13-10(7-5-6-7)12-9-4-2-1-3-8(9)11(14)15/h1-4,7,14-15H,5-6H2,(H,12,13). The van der Waals surface area contributed by atoms with Crippen LogP contribution in [0.3, 0.4) is 0 Å². The monoisotopic (exact) mass is 205 g/mol. The van der Waals surface area contributed by atoms with Crippen LogP contribution in [0.4, 0.5) is 5.69 Å². The van der Waals surface area contributed by atoms with Crippen LogP contribution in [0, 0.1) is 5.92 Å². The van der Waals surface area contributed by atoms with E-state index in [1.807, 2.05) is 0 Å². The second-order valence-corrected chi connectivity index (χ2v) is 3.72. The third-order valence-electron chi connectivity index (χ3n) is 2.44. The van der Waals surface area contributed by atoms with E-state index in [4.69, 9.17) is 10.0 Å². The van der Waals surface area contributed by atoms with Gasteiger partial charge in [0.05, 0.1) is 0 Å². The number of hydrogen-bond acceptors (Lipinski definition) is 3. The van der Waals surface area contributed by atoms with Crippen molar-refractivity contribution < 1.29 is 14.8 Å². The van der Waals surface area contributed by atoms with Gasteiger partial charge in [-0.05, 0) is 18.9 Å². The first-order valence-electron chi connectivity index (χ1n) is 4.94. The fourth-order valence-electron chi connectivity index (χ4n) is 1.42. The van der Waals surface area contributed by atoms with E-state index in [2.05, 4.69) is 5.32 Å². The Kier molecular flexibility index (Phi) is 2.75. The van der Waals surface area contributed by atoms with Gasteiger partial charge >= 0.3 is 7.12 Å². The molecule has 0 radical (unpaired) electrons. The average molecular weight is 205 g/mol. The van der Waals surface area contributed by atoms with Gasteiger partial charge in [-0.1, -0.05) is 18.2 Å². The maximum Gasteiger partial charge on any atom is 0.490 e. The molecule has 0 aliphatic heterocycles. The Balaban J connectivity index is 2.15. The van der Waals surface area contributed by atoms with Crippen molar-refractivity contribution >= 4 is 24.2 Å². The molecule has 3 N–H and O–H groups in total. The predicted octanol–water partition coefficient (Wildman–Crippen LogP) is -0.285. The lowest BCUT2D eigenvalue weighted by Gasteiger charge is -2.09. The van der Waals surface area contributed by atoms with E-state index in [-0.39, 0.29) is 11.8 Å². The summed E-state index contributed by atoms with van der Waals surface area (Å²) in [5, 5.41) is 20.8. The molecule has 1 amide bonds. The fourth-order valence-corrected chi connectivity index (χ4v) is 1.42. The van der Waals surface area contributed by atoms with E-state index in [1.165, 1.54) is 0 Å². The van der Waals surface area contributed by atoms with Crippen molar-refractivity contribution in [3.05, 3.63) is 24.3 Å². The van der Waals surface area contributed by atoms with Crippen molar-refractivity contribution in [1.29, 1.82) is 0 Å². The number of anilines is 1. The highest BCUT2D eigenvalue weighted by Gasteiger charge is 2.30. The Morgan fingerprint density at radius 1 is 1.33 bits per heavy atom. The van der Waals surface area contributed by atoms with Gasteiger partial charge < -0.3 is 15.4 Å². The van der Waals surface area contributed by atoms with Crippen molar-refractivity contribution in [3.8, 4) is 0 Å². The molecule has 1 aliphatic carbocycles. The van der Waals surface area contributed by atoms with E-state index >= 15 is 0 Å². The molecule has 1 saturated carbocycles. The predicted molar refractivity (Wildman–Crippen MR) is 57.6 cm³/mol. The van der Waals surface area contributed by atoms with Crippen molar-refractivity contribution in [2.24, 2.45) is 5.92 Å². The molecule has 4 nitrogen and oxygen atoms in total. The molecule has 0 bridgehead atoms. The number of benzene rings is 1. The summed E-state index contributed by atoms with van der Waals surface area (Å²) < 4.78 is 0. The van der Waals surface area contributed by atoms with Crippen molar-refractivity contribution in [3.63, 3.8) is 0 Å². The van der Waals surface area contributed by atoms with Gasteiger partial charge in [-0.3, -0.25) is 4.79 Å². The first-order chi connectivity index (χ1) is 7.18. The van der Waals surface area contributed by atoms with Crippen LogP contribution in [0.1, 0.15) is 12.8 Å². The lowest BCUT2D eigenvalue weighted by Crippen LogP contribution is -2.33. The van der Waals surface area contributed by atoms with Crippen LogP contribution in [0.25, 0.3) is 0 Å². The van der Waals surface area contributed by atoms with Gasteiger partial charge in [-0.2, -0.15) is 0 Å².